The Morgan fingerprint density at radius 1 is 0.425 bits per heavy atom. The van der Waals surface area contributed by atoms with Crippen LogP contribution in [0.3, 0.4) is 0 Å². The Morgan fingerprint density at radius 2 is 0.975 bits per heavy atom. The van der Waals surface area contributed by atoms with Crippen molar-refractivity contribution in [2.75, 3.05) is 0 Å². The number of nitrogens with one attached hydrogen (secondary N) is 2. The van der Waals surface area contributed by atoms with Crippen LogP contribution in [0.15, 0.2) is 121 Å². The van der Waals surface area contributed by atoms with Gasteiger partial charge in [-0.25, -0.2) is 0 Å². The standard InChI is InChI=1S/C36H24N4/c37-21-23-17-24(22-38)19-27(18-23)40-34-16-14-26(20-31(34)36-28-8-2-1-7-25(28)13-15-35(36)40)39-32-11-5-3-9-29(32)30-10-4-6-12-33(30)39/h1-22,37-38H. The van der Waals surface area contributed by atoms with Crippen LogP contribution >= 0.6 is 0 Å². The van der Waals surface area contributed by atoms with E-state index in [1.54, 1.807) is 0 Å². The van der Waals surface area contributed by atoms with E-state index in [4.69, 9.17) is 10.8 Å². The Kier molecular flexibility index (Phi) is 4.79. The lowest BCUT2D eigenvalue weighted by Crippen LogP contribution is -1.98. The Bertz CT molecular complexity index is 2240. The second kappa shape index (κ2) is 8.52. The Balaban J connectivity index is 1.52. The molecular formula is C36H24N4. The van der Waals surface area contributed by atoms with Gasteiger partial charge in [0.15, 0.2) is 0 Å². The fraction of sp³-hybridized carbons (Fsp3) is 0. The van der Waals surface area contributed by atoms with E-state index in [2.05, 4.69) is 112 Å². The predicted octanol–water partition coefficient (Wildman–Crippen LogP) is 9.03. The zero-order chi connectivity index (χ0) is 26.8. The highest BCUT2D eigenvalue weighted by Crippen LogP contribution is 2.39. The minimum Gasteiger partial charge on any atom is -0.309 e. The third-order valence-corrected chi connectivity index (χ3v) is 8.03. The van der Waals surface area contributed by atoms with Crippen LogP contribution in [0.4, 0.5) is 0 Å². The van der Waals surface area contributed by atoms with Gasteiger partial charge in [0.1, 0.15) is 0 Å². The summed E-state index contributed by atoms with van der Waals surface area (Å²) in [5.41, 5.74) is 8.17. The molecule has 0 aliphatic carbocycles. The largest absolute Gasteiger partial charge is 0.309 e. The number of hydrogen-bond acceptors (Lipinski definition) is 2. The van der Waals surface area contributed by atoms with Crippen molar-refractivity contribution < 1.29 is 0 Å². The summed E-state index contributed by atoms with van der Waals surface area (Å²) in [6.45, 7) is 0. The molecule has 0 aliphatic rings. The number of hydrogen-bond donors (Lipinski definition) is 2. The lowest BCUT2D eigenvalue weighted by molar-refractivity contribution is 1.16. The first-order valence-electron chi connectivity index (χ1n) is 13.4. The summed E-state index contributed by atoms with van der Waals surface area (Å²) in [7, 11) is 0. The summed E-state index contributed by atoms with van der Waals surface area (Å²) in [6.07, 6.45) is 2.69. The third kappa shape index (κ3) is 3.13. The molecule has 8 rings (SSSR count). The van der Waals surface area contributed by atoms with Gasteiger partial charge in [0, 0.05) is 45.3 Å². The maximum absolute atomic E-state index is 7.90. The summed E-state index contributed by atoms with van der Waals surface area (Å²) >= 11 is 0. The lowest BCUT2D eigenvalue weighted by Gasteiger charge is -2.11. The smallest absolute Gasteiger partial charge is 0.0547 e. The van der Waals surface area contributed by atoms with Crippen LogP contribution < -0.4 is 0 Å². The molecule has 0 radical (unpaired) electrons. The molecule has 0 aliphatic heterocycles. The predicted molar refractivity (Wildman–Crippen MR) is 168 cm³/mol. The number of benzene rings is 6. The number of para-hydroxylation sites is 2. The van der Waals surface area contributed by atoms with Crippen molar-refractivity contribution in [1.29, 1.82) is 10.8 Å². The van der Waals surface area contributed by atoms with Crippen molar-refractivity contribution in [2.45, 2.75) is 0 Å². The maximum Gasteiger partial charge on any atom is 0.0547 e. The maximum atomic E-state index is 7.90. The molecule has 0 amide bonds. The van der Waals surface area contributed by atoms with Gasteiger partial charge >= 0.3 is 0 Å². The number of fused-ring (bicyclic) bond motifs is 8. The third-order valence-electron chi connectivity index (χ3n) is 8.03. The number of nitrogens with zero attached hydrogens (tertiary/aromatic N) is 2. The highest BCUT2D eigenvalue weighted by Gasteiger charge is 2.18. The van der Waals surface area contributed by atoms with Crippen LogP contribution in [0.5, 0.6) is 0 Å². The first-order chi connectivity index (χ1) is 19.7. The van der Waals surface area contributed by atoms with Gasteiger partial charge in [0.2, 0.25) is 0 Å². The Hall–Kier alpha value is -5.48. The number of aromatic nitrogens is 2. The van der Waals surface area contributed by atoms with Gasteiger partial charge in [0.25, 0.3) is 0 Å². The van der Waals surface area contributed by atoms with Crippen LogP contribution in [0.2, 0.25) is 0 Å². The molecule has 0 saturated carbocycles. The van der Waals surface area contributed by atoms with Gasteiger partial charge < -0.3 is 20.0 Å². The molecule has 0 unspecified atom stereocenters. The molecule has 2 N–H and O–H groups in total. The Labute approximate surface area is 230 Å². The van der Waals surface area contributed by atoms with Gasteiger partial charge in [-0.05, 0) is 76.5 Å². The van der Waals surface area contributed by atoms with Crippen LogP contribution in [-0.4, -0.2) is 21.6 Å². The monoisotopic (exact) mass is 512 g/mol. The highest BCUT2D eigenvalue weighted by molar-refractivity contribution is 6.22. The minimum atomic E-state index is 0.772. The fourth-order valence-electron chi connectivity index (χ4n) is 6.35. The van der Waals surface area contributed by atoms with Gasteiger partial charge in [-0.2, -0.15) is 0 Å². The summed E-state index contributed by atoms with van der Waals surface area (Å²) in [5, 5.41) is 23.1. The second-order valence-corrected chi connectivity index (χ2v) is 10.2. The quantitative estimate of drug-likeness (QED) is 0.221. The minimum absolute atomic E-state index is 0.772. The molecule has 6 aromatic carbocycles. The van der Waals surface area contributed by atoms with Gasteiger partial charge in [-0.3, -0.25) is 0 Å². The normalized spacial score (nSPS) is 11.7. The van der Waals surface area contributed by atoms with Gasteiger partial charge in [0.05, 0.1) is 22.1 Å². The van der Waals surface area contributed by atoms with E-state index in [0.29, 0.717) is 0 Å². The topological polar surface area (TPSA) is 57.6 Å². The van der Waals surface area contributed by atoms with Crippen molar-refractivity contribution >= 4 is 66.8 Å². The van der Waals surface area contributed by atoms with Gasteiger partial charge in [-0.1, -0.05) is 66.7 Å². The SMILES string of the molecule is N=Cc1cc(C=N)cc(-n2c3ccc(-n4c5ccccc5c5ccccc54)cc3c3c4ccccc4ccc32)c1. The van der Waals surface area contributed by atoms with Crippen molar-refractivity contribution in [2.24, 2.45) is 0 Å². The summed E-state index contributed by atoms with van der Waals surface area (Å²) in [4.78, 5) is 0. The molecule has 0 spiro atoms. The second-order valence-electron chi connectivity index (χ2n) is 10.2. The van der Waals surface area contributed by atoms with E-state index in [0.717, 1.165) is 33.5 Å². The van der Waals surface area contributed by atoms with Crippen molar-refractivity contribution in [3.8, 4) is 11.4 Å². The van der Waals surface area contributed by atoms with Gasteiger partial charge in [-0.15, -0.1) is 0 Å². The lowest BCUT2D eigenvalue weighted by atomic mass is 10.0. The highest BCUT2D eigenvalue weighted by atomic mass is 15.0. The summed E-state index contributed by atoms with van der Waals surface area (Å²) in [6, 6.07) is 42.8. The molecule has 40 heavy (non-hydrogen) atoms. The van der Waals surface area contributed by atoms with Crippen molar-refractivity contribution in [3.63, 3.8) is 0 Å². The van der Waals surface area contributed by atoms with Crippen LogP contribution in [0.25, 0.3) is 65.8 Å². The average molecular weight is 513 g/mol. The molecule has 188 valence electrons. The first kappa shape index (κ1) is 22.5. The molecule has 0 saturated heterocycles. The van der Waals surface area contributed by atoms with E-state index in [9.17, 15) is 0 Å². The zero-order valence-electron chi connectivity index (χ0n) is 21.6. The molecule has 2 aromatic heterocycles. The van der Waals surface area contributed by atoms with Crippen molar-refractivity contribution in [3.05, 3.63) is 132 Å². The van der Waals surface area contributed by atoms with Crippen molar-refractivity contribution in [1.82, 2.24) is 9.13 Å². The van der Waals surface area contributed by atoms with E-state index >= 15 is 0 Å². The van der Waals surface area contributed by atoms with E-state index in [1.807, 2.05) is 18.2 Å². The van der Waals surface area contributed by atoms with Crippen LogP contribution in [0, 0.1) is 10.8 Å². The molecule has 0 atom stereocenters. The molecule has 8 aromatic rings. The molecule has 4 heteroatoms. The van der Waals surface area contributed by atoms with E-state index in [1.165, 1.54) is 55.8 Å². The number of rotatable bonds is 4. The van der Waals surface area contributed by atoms with Crippen LogP contribution in [-0.2, 0) is 0 Å². The summed E-state index contributed by atoms with van der Waals surface area (Å²) < 4.78 is 4.63. The molecule has 0 fully saturated rings. The molecule has 0 bridgehead atoms. The molecule has 2 heterocycles. The van der Waals surface area contributed by atoms with E-state index < -0.39 is 0 Å². The van der Waals surface area contributed by atoms with Crippen LogP contribution in [0.1, 0.15) is 11.1 Å². The fourth-order valence-corrected chi connectivity index (χ4v) is 6.35. The molecular weight excluding hydrogens is 488 g/mol. The molecule has 4 nitrogen and oxygen atoms in total. The summed E-state index contributed by atoms with van der Waals surface area (Å²) in [5.74, 6) is 0. The van der Waals surface area contributed by atoms with E-state index in [-0.39, 0.29) is 0 Å². The Morgan fingerprint density at radius 3 is 1.65 bits per heavy atom. The average Bonchev–Trinajstić information content (AvgIpc) is 3.53. The first-order valence-corrected chi connectivity index (χ1v) is 13.4. The zero-order valence-corrected chi connectivity index (χ0v) is 21.6.